The Balaban J connectivity index is 2.70. The van der Waals surface area contributed by atoms with Gasteiger partial charge in [0.1, 0.15) is 0 Å². The minimum Gasteiger partial charge on any atom is -0.358 e. The number of nitrogens with two attached hydrogens (primary N) is 1. The predicted octanol–water partition coefficient (Wildman–Crippen LogP) is 2.08. The van der Waals surface area contributed by atoms with E-state index in [0.29, 0.717) is 0 Å². The van der Waals surface area contributed by atoms with E-state index in [1.54, 1.807) is 12.1 Å². The number of sulfonamides is 1. The van der Waals surface area contributed by atoms with Gasteiger partial charge in [0.2, 0.25) is 10.0 Å². The number of nitrogens with one attached hydrogen (secondary N) is 1. The van der Waals surface area contributed by atoms with Crippen LogP contribution in [0.3, 0.4) is 0 Å². The maximum Gasteiger partial charge on any atom is 0.238 e. The van der Waals surface area contributed by atoms with Crippen LogP contribution in [0.15, 0.2) is 23.1 Å². The number of primary sulfonamides is 1. The minimum absolute atomic E-state index is 0.168. The average molecular weight is 252 g/mol. The molecule has 0 spiro atoms. The summed E-state index contributed by atoms with van der Waals surface area (Å²) in [5.74, 6) is 0. The van der Waals surface area contributed by atoms with Crippen LogP contribution in [0.4, 0.5) is 0 Å². The van der Waals surface area contributed by atoms with Crippen molar-refractivity contribution in [3.63, 3.8) is 0 Å². The number of aromatic nitrogens is 1. The number of benzene rings is 1. The van der Waals surface area contributed by atoms with E-state index in [2.05, 4.69) is 11.9 Å². The van der Waals surface area contributed by atoms with Crippen molar-refractivity contribution in [1.29, 1.82) is 0 Å². The highest BCUT2D eigenvalue weighted by molar-refractivity contribution is 7.89. The van der Waals surface area contributed by atoms with Gasteiger partial charge in [-0.2, -0.15) is 0 Å². The van der Waals surface area contributed by atoms with Crippen molar-refractivity contribution in [3.05, 3.63) is 29.5 Å². The molecule has 0 saturated heterocycles. The van der Waals surface area contributed by atoms with Gasteiger partial charge in [-0.3, -0.25) is 0 Å². The van der Waals surface area contributed by atoms with E-state index in [1.165, 1.54) is 11.6 Å². The SMILES string of the molecule is CCCc1c(C)[nH]c2ccc(S(N)(=O)=O)cc12. The third-order valence-corrected chi connectivity index (χ3v) is 3.83. The number of fused-ring (bicyclic) bond motifs is 1. The van der Waals surface area contributed by atoms with Crippen molar-refractivity contribution < 1.29 is 8.42 Å². The summed E-state index contributed by atoms with van der Waals surface area (Å²) in [6.45, 7) is 4.10. The summed E-state index contributed by atoms with van der Waals surface area (Å²) in [6, 6.07) is 4.95. The first kappa shape index (κ1) is 12.1. The molecule has 1 heterocycles. The molecule has 0 atom stereocenters. The van der Waals surface area contributed by atoms with Gasteiger partial charge in [-0.05, 0) is 37.1 Å². The van der Waals surface area contributed by atoms with Crippen LogP contribution in [0.2, 0.25) is 0 Å². The lowest BCUT2D eigenvalue weighted by Crippen LogP contribution is -2.11. The van der Waals surface area contributed by atoms with Crippen LogP contribution in [-0.2, 0) is 16.4 Å². The third-order valence-electron chi connectivity index (χ3n) is 2.92. The van der Waals surface area contributed by atoms with E-state index in [0.717, 1.165) is 29.4 Å². The molecule has 0 fully saturated rings. The lowest BCUT2D eigenvalue weighted by molar-refractivity contribution is 0.598. The van der Waals surface area contributed by atoms with Gasteiger partial charge >= 0.3 is 0 Å². The molecule has 3 N–H and O–H groups in total. The van der Waals surface area contributed by atoms with Crippen molar-refractivity contribution in [2.75, 3.05) is 0 Å². The predicted molar refractivity (Wildman–Crippen MR) is 68.4 cm³/mol. The fraction of sp³-hybridized carbons (Fsp3) is 0.333. The average Bonchev–Trinajstić information content (AvgIpc) is 2.54. The maximum atomic E-state index is 11.3. The number of aromatic amines is 1. The second-order valence-electron chi connectivity index (χ2n) is 4.23. The van der Waals surface area contributed by atoms with Gasteiger partial charge in [0.25, 0.3) is 0 Å². The number of rotatable bonds is 3. The van der Waals surface area contributed by atoms with E-state index in [1.807, 2.05) is 6.92 Å². The van der Waals surface area contributed by atoms with Gasteiger partial charge in [0, 0.05) is 16.6 Å². The van der Waals surface area contributed by atoms with E-state index >= 15 is 0 Å². The number of H-pyrrole nitrogens is 1. The third kappa shape index (κ3) is 2.21. The summed E-state index contributed by atoms with van der Waals surface area (Å²) in [5, 5.41) is 6.10. The molecule has 17 heavy (non-hydrogen) atoms. The number of hydrogen-bond donors (Lipinski definition) is 2. The highest BCUT2D eigenvalue weighted by Gasteiger charge is 2.12. The standard InChI is InChI=1S/C12H16N2O2S/c1-3-4-10-8(2)14-12-6-5-9(7-11(10)12)17(13,15)16/h5-7,14H,3-4H2,1-2H3,(H2,13,15,16). The van der Waals surface area contributed by atoms with Crippen molar-refractivity contribution >= 4 is 20.9 Å². The second kappa shape index (κ2) is 4.16. The molecular formula is C12H16N2O2S. The Bertz CT molecular complexity index is 656. The monoisotopic (exact) mass is 252 g/mol. The summed E-state index contributed by atoms with van der Waals surface area (Å²) < 4.78 is 22.6. The Morgan fingerprint density at radius 1 is 1.35 bits per heavy atom. The fourth-order valence-electron chi connectivity index (χ4n) is 2.11. The summed E-state index contributed by atoms with van der Waals surface area (Å²) in [4.78, 5) is 3.42. The van der Waals surface area contributed by atoms with Crippen molar-refractivity contribution in [2.45, 2.75) is 31.6 Å². The molecular weight excluding hydrogens is 236 g/mol. The highest BCUT2D eigenvalue weighted by atomic mass is 32.2. The first-order valence-corrected chi connectivity index (χ1v) is 7.12. The molecule has 1 aromatic heterocycles. The Hall–Kier alpha value is -1.33. The molecule has 0 aliphatic heterocycles. The summed E-state index contributed by atoms with van der Waals surface area (Å²) in [7, 11) is -3.63. The van der Waals surface area contributed by atoms with E-state index in [9.17, 15) is 8.42 Å². The molecule has 4 nitrogen and oxygen atoms in total. The van der Waals surface area contributed by atoms with Gasteiger partial charge in [-0.25, -0.2) is 13.6 Å². The zero-order valence-corrected chi connectivity index (χ0v) is 10.8. The topological polar surface area (TPSA) is 76.0 Å². The van der Waals surface area contributed by atoms with Crippen LogP contribution in [0.1, 0.15) is 24.6 Å². The number of aryl methyl sites for hydroxylation is 2. The van der Waals surface area contributed by atoms with Gasteiger partial charge in [0.05, 0.1) is 4.90 Å². The van der Waals surface area contributed by atoms with Crippen LogP contribution >= 0.6 is 0 Å². The van der Waals surface area contributed by atoms with Gasteiger partial charge in [-0.1, -0.05) is 13.3 Å². The second-order valence-corrected chi connectivity index (χ2v) is 5.79. The summed E-state index contributed by atoms with van der Waals surface area (Å²) >= 11 is 0. The molecule has 0 aliphatic carbocycles. The van der Waals surface area contributed by atoms with Crippen molar-refractivity contribution in [3.8, 4) is 0 Å². The highest BCUT2D eigenvalue weighted by Crippen LogP contribution is 2.25. The molecule has 2 rings (SSSR count). The van der Waals surface area contributed by atoms with Gasteiger partial charge < -0.3 is 4.98 Å². The van der Waals surface area contributed by atoms with Crippen LogP contribution in [-0.4, -0.2) is 13.4 Å². The van der Waals surface area contributed by atoms with Crippen molar-refractivity contribution in [1.82, 2.24) is 4.98 Å². The van der Waals surface area contributed by atoms with E-state index in [4.69, 9.17) is 5.14 Å². The van der Waals surface area contributed by atoms with E-state index in [-0.39, 0.29) is 4.90 Å². The van der Waals surface area contributed by atoms with Crippen molar-refractivity contribution in [2.24, 2.45) is 5.14 Å². The van der Waals surface area contributed by atoms with Crippen LogP contribution < -0.4 is 5.14 Å². The Morgan fingerprint density at radius 3 is 2.65 bits per heavy atom. The molecule has 2 aromatic rings. The summed E-state index contributed by atoms with van der Waals surface area (Å²) in [6.07, 6.45) is 1.95. The molecule has 92 valence electrons. The maximum absolute atomic E-state index is 11.3. The largest absolute Gasteiger partial charge is 0.358 e. The lowest BCUT2D eigenvalue weighted by atomic mass is 10.1. The van der Waals surface area contributed by atoms with Crippen LogP contribution in [0, 0.1) is 6.92 Å². The quantitative estimate of drug-likeness (QED) is 0.877. The molecule has 0 radical (unpaired) electrons. The zero-order chi connectivity index (χ0) is 12.6. The van der Waals surface area contributed by atoms with E-state index < -0.39 is 10.0 Å². The molecule has 0 bridgehead atoms. The molecule has 5 heteroatoms. The Labute approximate surface area is 101 Å². The molecule has 0 saturated carbocycles. The normalized spacial score (nSPS) is 12.2. The molecule has 1 aromatic carbocycles. The fourth-order valence-corrected chi connectivity index (χ4v) is 2.65. The summed E-state index contributed by atoms with van der Waals surface area (Å²) in [5.41, 5.74) is 3.22. The smallest absolute Gasteiger partial charge is 0.238 e. The van der Waals surface area contributed by atoms with Gasteiger partial charge in [0.15, 0.2) is 0 Å². The Morgan fingerprint density at radius 2 is 2.06 bits per heavy atom. The first-order chi connectivity index (χ1) is 7.93. The molecule has 0 aliphatic rings. The Kier molecular flexibility index (Phi) is 2.97. The first-order valence-electron chi connectivity index (χ1n) is 5.57. The lowest BCUT2D eigenvalue weighted by Gasteiger charge is -2.01. The number of hydrogen-bond acceptors (Lipinski definition) is 2. The van der Waals surface area contributed by atoms with Crippen LogP contribution in [0.25, 0.3) is 10.9 Å². The molecule has 0 unspecified atom stereocenters. The van der Waals surface area contributed by atoms with Gasteiger partial charge in [-0.15, -0.1) is 0 Å². The van der Waals surface area contributed by atoms with Crippen LogP contribution in [0.5, 0.6) is 0 Å². The minimum atomic E-state index is -3.63. The molecule has 0 amide bonds. The zero-order valence-electron chi connectivity index (χ0n) is 9.95.